The van der Waals surface area contributed by atoms with Crippen LogP contribution in [0.15, 0.2) is 24.3 Å². The first-order valence-corrected chi connectivity index (χ1v) is 5.75. The number of rotatable bonds is 5. The summed E-state index contributed by atoms with van der Waals surface area (Å²) in [6, 6.07) is 5.09. The normalized spacial score (nSPS) is 11.9. The molecule has 0 aromatic heterocycles. The number of hydrogen-bond acceptors (Lipinski definition) is 2. The first-order valence-electron chi connectivity index (χ1n) is 5.75. The molecule has 0 heterocycles. The number of nitrogens with one attached hydrogen (secondary N) is 1. The highest BCUT2D eigenvalue weighted by Gasteiger charge is 2.34. The number of alkyl halides is 3. The zero-order valence-electron chi connectivity index (χ0n) is 10.3. The van der Waals surface area contributed by atoms with Gasteiger partial charge in [-0.2, -0.15) is 13.2 Å². The monoisotopic (exact) mass is 259 g/mol. The lowest BCUT2D eigenvalue weighted by Crippen LogP contribution is -2.26. The van der Waals surface area contributed by atoms with E-state index in [1.165, 1.54) is 18.2 Å². The Bertz CT molecular complexity index is 413. The molecule has 5 heteroatoms. The van der Waals surface area contributed by atoms with E-state index >= 15 is 0 Å². The summed E-state index contributed by atoms with van der Waals surface area (Å²) in [5, 5.41) is 3.00. The van der Waals surface area contributed by atoms with Crippen molar-refractivity contribution in [1.29, 1.82) is 0 Å². The van der Waals surface area contributed by atoms with Crippen molar-refractivity contribution in [2.75, 3.05) is 6.54 Å². The lowest BCUT2D eigenvalue weighted by Gasteiger charge is -2.12. The summed E-state index contributed by atoms with van der Waals surface area (Å²) in [6.07, 6.45) is -4.43. The van der Waals surface area contributed by atoms with Gasteiger partial charge in [0.05, 0.1) is 5.56 Å². The fourth-order valence-corrected chi connectivity index (χ4v) is 1.58. The second kappa shape index (κ2) is 6.00. The van der Waals surface area contributed by atoms with Gasteiger partial charge in [-0.25, -0.2) is 0 Å². The molecule has 18 heavy (non-hydrogen) atoms. The number of ketones is 1. The number of hydrogen-bond donors (Lipinski definition) is 1. The molecule has 1 aromatic carbocycles. The Labute approximate surface area is 104 Å². The number of halogens is 3. The van der Waals surface area contributed by atoms with Gasteiger partial charge in [-0.05, 0) is 6.07 Å². The topological polar surface area (TPSA) is 29.1 Å². The Morgan fingerprint density at radius 1 is 1.28 bits per heavy atom. The van der Waals surface area contributed by atoms with Crippen LogP contribution in [0.3, 0.4) is 0 Å². The van der Waals surface area contributed by atoms with Gasteiger partial charge in [0.25, 0.3) is 0 Å². The van der Waals surface area contributed by atoms with Crippen LogP contribution in [0.1, 0.15) is 36.2 Å². The predicted molar refractivity (Wildman–Crippen MR) is 63.5 cm³/mol. The molecule has 0 aliphatic heterocycles. The van der Waals surface area contributed by atoms with E-state index in [-0.39, 0.29) is 18.0 Å². The van der Waals surface area contributed by atoms with Crippen LogP contribution in [0.5, 0.6) is 0 Å². The first-order chi connectivity index (χ1) is 8.32. The Kier molecular flexibility index (Phi) is 4.90. The Balaban J connectivity index is 2.80. The number of carbonyl (C=O) groups is 1. The fraction of sp³-hybridized carbons (Fsp3) is 0.462. The van der Waals surface area contributed by atoms with Crippen LogP contribution < -0.4 is 5.32 Å². The van der Waals surface area contributed by atoms with Crippen LogP contribution in [0.4, 0.5) is 13.2 Å². The van der Waals surface area contributed by atoms with E-state index in [2.05, 4.69) is 5.32 Å². The number of benzene rings is 1. The van der Waals surface area contributed by atoms with Crippen molar-refractivity contribution in [3.8, 4) is 0 Å². The smallest absolute Gasteiger partial charge is 0.314 e. The Morgan fingerprint density at radius 2 is 1.89 bits per heavy atom. The minimum absolute atomic E-state index is 0.0608. The van der Waals surface area contributed by atoms with Gasteiger partial charge in [0.1, 0.15) is 0 Å². The van der Waals surface area contributed by atoms with Gasteiger partial charge in [-0.1, -0.05) is 32.0 Å². The summed E-state index contributed by atoms with van der Waals surface area (Å²) in [6.45, 7) is 4.20. The van der Waals surface area contributed by atoms with Gasteiger partial charge in [0.15, 0.2) is 5.78 Å². The van der Waals surface area contributed by atoms with Gasteiger partial charge < -0.3 is 5.32 Å². The van der Waals surface area contributed by atoms with Crippen LogP contribution >= 0.6 is 0 Å². The zero-order valence-corrected chi connectivity index (χ0v) is 10.3. The Hall–Kier alpha value is -1.36. The summed E-state index contributed by atoms with van der Waals surface area (Å²) >= 11 is 0. The average Bonchev–Trinajstić information content (AvgIpc) is 2.27. The molecule has 0 amide bonds. The molecule has 0 spiro atoms. The van der Waals surface area contributed by atoms with Crippen molar-refractivity contribution in [3.63, 3.8) is 0 Å². The highest BCUT2D eigenvalue weighted by atomic mass is 19.4. The SMILES string of the molecule is CC(C)NCCC(=O)c1ccccc1C(F)(F)F. The maximum absolute atomic E-state index is 12.7. The molecule has 1 rings (SSSR count). The van der Waals surface area contributed by atoms with Crippen molar-refractivity contribution < 1.29 is 18.0 Å². The lowest BCUT2D eigenvalue weighted by atomic mass is 10.0. The van der Waals surface area contributed by atoms with E-state index in [1.807, 2.05) is 13.8 Å². The predicted octanol–water partition coefficient (Wildman–Crippen LogP) is 3.28. The summed E-state index contributed by atoms with van der Waals surface area (Å²) in [5.74, 6) is -0.490. The molecular weight excluding hydrogens is 243 g/mol. The maximum Gasteiger partial charge on any atom is 0.417 e. The molecule has 0 bridgehead atoms. The van der Waals surface area contributed by atoms with Gasteiger partial charge >= 0.3 is 6.18 Å². The second-order valence-electron chi connectivity index (χ2n) is 4.33. The Morgan fingerprint density at radius 3 is 2.44 bits per heavy atom. The zero-order chi connectivity index (χ0) is 13.8. The van der Waals surface area contributed by atoms with Gasteiger partial charge in [0.2, 0.25) is 0 Å². The van der Waals surface area contributed by atoms with Crippen LogP contribution in [-0.4, -0.2) is 18.4 Å². The third kappa shape index (κ3) is 4.14. The molecule has 2 nitrogen and oxygen atoms in total. The molecule has 1 aromatic rings. The van der Waals surface area contributed by atoms with Crippen molar-refractivity contribution in [2.24, 2.45) is 0 Å². The van der Waals surface area contributed by atoms with E-state index in [4.69, 9.17) is 0 Å². The summed E-state index contributed by atoms with van der Waals surface area (Å²) in [7, 11) is 0. The highest BCUT2D eigenvalue weighted by molar-refractivity contribution is 5.97. The number of carbonyl (C=O) groups excluding carboxylic acids is 1. The lowest BCUT2D eigenvalue weighted by molar-refractivity contribution is -0.137. The third-order valence-electron chi connectivity index (χ3n) is 2.44. The van der Waals surface area contributed by atoms with Crippen LogP contribution in [0, 0.1) is 0 Å². The standard InChI is InChI=1S/C13H16F3NO/c1-9(2)17-8-7-12(18)10-5-3-4-6-11(10)13(14,15)16/h3-6,9,17H,7-8H2,1-2H3. The third-order valence-corrected chi connectivity index (χ3v) is 2.44. The van der Waals surface area contributed by atoms with Crippen LogP contribution in [0.25, 0.3) is 0 Å². The first kappa shape index (κ1) is 14.7. The molecule has 0 saturated carbocycles. The molecular formula is C13H16F3NO. The summed E-state index contributed by atoms with van der Waals surface area (Å²) in [5.41, 5.74) is -1.12. The van der Waals surface area contributed by atoms with E-state index < -0.39 is 17.5 Å². The molecule has 0 aliphatic rings. The van der Waals surface area contributed by atoms with Crippen molar-refractivity contribution >= 4 is 5.78 Å². The van der Waals surface area contributed by atoms with Crippen LogP contribution in [0.2, 0.25) is 0 Å². The van der Waals surface area contributed by atoms with Gasteiger partial charge in [-0.15, -0.1) is 0 Å². The van der Waals surface area contributed by atoms with E-state index in [0.29, 0.717) is 6.54 Å². The molecule has 0 fully saturated rings. The number of Topliss-reactive ketones (excluding diaryl/α,β-unsaturated/α-hetero) is 1. The van der Waals surface area contributed by atoms with Crippen molar-refractivity contribution in [2.45, 2.75) is 32.5 Å². The second-order valence-corrected chi connectivity index (χ2v) is 4.33. The molecule has 100 valence electrons. The van der Waals surface area contributed by atoms with E-state index in [1.54, 1.807) is 0 Å². The largest absolute Gasteiger partial charge is 0.417 e. The van der Waals surface area contributed by atoms with Crippen LogP contribution in [-0.2, 0) is 6.18 Å². The molecule has 1 N–H and O–H groups in total. The molecule has 0 radical (unpaired) electrons. The van der Waals surface area contributed by atoms with E-state index in [0.717, 1.165) is 6.07 Å². The maximum atomic E-state index is 12.7. The minimum Gasteiger partial charge on any atom is -0.314 e. The molecule has 0 unspecified atom stereocenters. The molecule has 0 saturated heterocycles. The van der Waals surface area contributed by atoms with Crippen molar-refractivity contribution in [1.82, 2.24) is 5.32 Å². The summed E-state index contributed by atoms with van der Waals surface area (Å²) in [4.78, 5) is 11.8. The van der Waals surface area contributed by atoms with Gasteiger partial charge in [0, 0.05) is 24.6 Å². The quantitative estimate of drug-likeness (QED) is 0.822. The average molecular weight is 259 g/mol. The molecule has 0 aliphatic carbocycles. The minimum atomic E-state index is -4.49. The van der Waals surface area contributed by atoms with Gasteiger partial charge in [-0.3, -0.25) is 4.79 Å². The van der Waals surface area contributed by atoms with Crippen molar-refractivity contribution in [3.05, 3.63) is 35.4 Å². The van der Waals surface area contributed by atoms with E-state index in [9.17, 15) is 18.0 Å². The highest BCUT2D eigenvalue weighted by Crippen LogP contribution is 2.32. The fourth-order valence-electron chi connectivity index (χ4n) is 1.58. The molecule has 0 atom stereocenters. The summed E-state index contributed by atoms with van der Waals surface area (Å²) < 4.78 is 38.1.